The van der Waals surface area contributed by atoms with Crippen LogP contribution in [0.1, 0.15) is 37.2 Å². The van der Waals surface area contributed by atoms with Gasteiger partial charge in [-0.1, -0.05) is 18.2 Å². The first kappa shape index (κ1) is 21.1. The largest absolute Gasteiger partial charge is 0.497 e. The Bertz CT molecular complexity index is 1010. The summed E-state index contributed by atoms with van der Waals surface area (Å²) in [6, 6.07) is 14.5. The molecule has 0 radical (unpaired) electrons. The van der Waals surface area contributed by atoms with Gasteiger partial charge in [0.05, 0.1) is 13.2 Å². The maximum absolute atomic E-state index is 5.46. The molecule has 1 unspecified atom stereocenters. The molecule has 2 N–H and O–H groups in total. The van der Waals surface area contributed by atoms with E-state index < -0.39 is 0 Å². The van der Waals surface area contributed by atoms with Crippen molar-refractivity contribution in [2.24, 2.45) is 4.99 Å². The highest BCUT2D eigenvalue weighted by Crippen LogP contribution is 2.27. The van der Waals surface area contributed by atoms with Gasteiger partial charge in [-0.15, -0.1) is 10.2 Å². The highest BCUT2D eigenvalue weighted by atomic mass is 16.5. The molecule has 3 aromatic rings. The molecule has 4 rings (SSSR count). The third-order valence-corrected chi connectivity index (χ3v) is 5.63. The van der Waals surface area contributed by atoms with Crippen molar-refractivity contribution in [2.75, 3.05) is 33.3 Å². The minimum atomic E-state index is 0.260. The molecule has 8 nitrogen and oxygen atoms in total. The summed E-state index contributed by atoms with van der Waals surface area (Å²) in [6.45, 7) is 6.31. The van der Waals surface area contributed by atoms with Crippen molar-refractivity contribution in [1.29, 1.82) is 0 Å². The Morgan fingerprint density at radius 3 is 2.81 bits per heavy atom. The molecule has 31 heavy (non-hydrogen) atoms. The van der Waals surface area contributed by atoms with Gasteiger partial charge in [0.1, 0.15) is 12.3 Å². The second kappa shape index (κ2) is 10.3. The SMILES string of the molecule is CCNC(=NCc1nnc2ccccn12)NCC(c1cccc(OC)c1)N1CCCC1. The van der Waals surface area contributed by atoms with E-state index in [2.05, 4.69) is 50.9 Å². The molecule has 1 aliphatic rings. The van der Waals surface area contributed by atoms with Gasteiger partial charge in [-0.3, -0.25) is 9.30 Å². The summed E-state index contributed by atoms with van der Waals surface area (Å²) < 4.78 is 7.43. The van der Waals surface area contributed by atoms with Gasteiger partial charge in [-0.25, -0.2) is 4.99 Å². The molecular weight excluding hydrogens is 390 g/mol. The number of pyridine rings is 1. The van der Waals surface area contributed by atoms with E-state index in [0.29, 0.717) is 6.54 Å². The minimum absolute atomic E-state index is 0.260. The maximum atomic E-state index is 5.46. The summed E-state index contributed by atoms with van der Waals surface area (Å²) in [5, 5.41) is 15.4. The lowest BCUT2D eigenvalue weighted by Crippen LogP contribution is -2.42. The first-order chi connectivity index (χ1) is 15.3. The summed E-state index contributed by atoms with van der Waals surface area (Å²) >= 11 is 0. The zero-order valence-corrected chi connectivity index (χ0v) is 18.3. The van der Waals surface area contributed by atoms with Crippen LogP contribution in [0.15, 0.2) is 53.7 Å². The van der Waals surface area contributed by atoms with Crippen molar-refractivity contribution in [2.45, 2.75) is 32.4 Å². The molecule has 0 saturated carbocycles. The number of guanidine groups is 1. The Morgan fingerprint density at radius 2 is 2.00 bits per heavy atom. The zero-order chi connectivity index (χ0) is 21.5. The number of methoxy groups -OCH3 is 1. The fraction of sp³-hybridized carbons (Fsp3) is 0.435. The van der Waals surface area contributed by atoms with Gasteiger partial charge < -0.3 is 15.4 Å². The second-order valence-corrected chi connectivity index (χ2v) is 7.66. The molecule has 1 atom stereocenters. The number of likely N-dealkylation sites (tertiary alicyclic amines) is 1. The second-order valence-electron chi connectivity index (χ2n) is 7.66. The normalized spacial score (nSPS) is 15.9. The molecule has 0 bridgehead atoms. The van der Waals surface area contributed by atoms with Crippen molar-refractivity contribution in [1.82, 2.24) is 30.1 Å². The van der Waals surface area contributed by atoms with Crippen molar-refractivity contribution in [3.05, 3.63) is 60.0 Å². The maximum Gasteiger partial charge on any atom is 0.191 e. The zero-order valence-electron chi connectivity index (χ0n) is 18.3. The third-order valence-electron chi connectivity index (χ3n) is 5.63. The Kier molecular flexibility index (Phi) is 6.99. The van der Waals surface area contributed by atoms with Crippen LogP contribution in [0.25, 0.3) is 5.65 Å². The number of fused-ring (bicyclic) bond motifs is 1. The monoisotopic (exact) mass is 421 g/mol. The van der Waals surface area contributed by atoms with Crippen LogP contribution in [0.2, 0.25) is 0 Å². The van der Waals surface area contributed by atoms with E-state index in [0.717, 1.165) is 49.4 Å². The third kappa shape index (κ3) is 5.14. The van der Waals surface area contributed by atoms with Gasteiger partial charge in [0, 0.05) is 19.3 Å². The van der Waals surface area contributed by atoms with Crippen molar-refractivity contribution >= 4 is 11.6 Å². The Hall–Kier alpha value is -3.13. The lowest BCUT2D eigenvalue weighted by molar-refractivity contribution is 0.245. The topological polar surface area (TPSA) is 79.1 Å². The first-order valence-corrected chi connectivity index (χ1v) is 11.0. The molecule has 2 aromatic heterocycles. The number of rotatable bonds is 8. The van der Waals surface area contributed by atoms with Gasteiger partial charge in [0.2, 0.25) is 0 Å². The molecule has 0 spiro atoms. The van der Waals surface area contributed by atoms with Crippen LogP contribution in [0.5, 0.6) is 5.75 Å². The van der Waals surface area contributed by atoms with Gasteiger partial charge in [-0.2, -0.15) is 0 Å². The van der Waals surface area contributed by atoms with E-state index in [-0.39, 0.29) is 6.04 Å². The standard InChI is InChI=1S/C23H31N7O/c1-3-24-23(26-17-22-28-27-21-11-4-5-14-30(21)22)25-16-20(29-12-6-7-13-29)18-9-8-10-19(15-18)31-2/h4-5,8-11,14-15,20H,3,6-7,12-13,16-17H2,1-2H3,(H2,24,25,26). The van der Waals surface area contributed by atoms with Crippen LogP contribution in [-0.4, -0.2) is 58.7 Å². The molecule has 1 fully saturated rings. The van der Waals surface area contributed by atoms with Crippen molar-refractivity contribution in [3.8, 4) is 5.75 Å². The van der Waals surface area contributed by atoms with E-state index in [4.69, 9.17) is 9.73 Å². The summed E-state index contributed by atoms with van der Waals surface area (Å²) in [6.07, 6.45) is 4.45. The Balaban J connectivity index is 1.49. The van der Waals surface area contributed by atoms with Crippen LogP contribution in [0, 0.1) is 0 Å². The molecule has 8 heteroatoms. The summed E-state index contributed by atoms with van der Waals surface area (Å²) in [4.78, 5) is 7.30. The van der Waals surface area contributed by atoms with Crippen LogP contribution in [0.3, 0.4) is 0 Å². The molecule has 0 amide bonds. The van der Waals surface area contributed by atoms with E-state index in [1.807, 2.05) is 34.9 Å². The molecule has 0 aliphatic carbocycles. The molecule has 1 aliphatic heterocycles. The van der Waals surface area contributed by atoms with Gasteiger partial charge in [0.15, 0.2) is 17.4 Å². The van der Waals surface area contributed by atoms with Crippen LogP contribution in [-0.2, 0) is 6.54 Å². The number of benzene rings is 1. The van der Waals surface area contributed by atoms with E-state index in [1.54, 1.807) is 7.11 Å². The Labute approximate surface area is 183 Å². The average molecular weight is 422 g/mol. The summed E-state index contributed by atoms with van der Waals surface area (Å²) in [7, 11) is 1.71. The average Bonchev–Trinajstić information content (AvgIpc) is 3.48. The van der Waals surface area contributed by atoms with E-state index in [9.17, 15) is 0 Å². The number of aliphatic imine (C=N–C) groups is 1. The predicted molar refractivity (Wildman–Crippen MR) is 122 cm³/mol. The summed E-state index contributed by atoms with van der Waals surface area (Å²) in [5.41, 5.74) is 2.09. The number of hydrogen-bond donors (Lipinski definition) is 2. The number of hydrogen-bond acceptors (Lipinski definition) is 5. The lowest BCUT2D eigenvalue weighted by atomic mass is 10.1. The number of nitrogens with one attached hydrogen (secondary N) is 2. The molecule has 164 valence electrons. The molecule has 1 saturated heterocycles. The number of aromatic nitrogens is 3. The van der Waals surface area contributed by atoms with Gasteiger partial charge >= 0.3 is 0 Å². The summed E-state index contributed by atoms with van der Waals surface area (Å²) in [5.74, 6) is 2.49. The Morgan fingerprint density at radius 1 is 1.13 bits per heavy atom. The highest BCUT2D eigenvalue weighted by Gasteiger charge is 2.24. The fourth-order valence-corrected chi connectivity index (χ4v) is 4.04. The number of nitrogens with zero attached hydrogens (tertiary/aromatic N) is 5. The first-order valence-electron chi connectivity index (χ1n) is 11.0. The van der Waals surface area contributed by atoms with E-state index in [1.165, 1.54) is 18.4 Å². The molecule has 1 aromatic carbocycles. The highest BCUT2D eigenvalue weighted by molar-refractivity contribution is 5.79. The van der Waals surface area contributed by atoms with Crippen molar-refractivity contribution in [3.63, 3.8) is 0 Å². The van der Waals surface area contributed by atoms with E-state index >= 15 is 0 Å². The van der Waals surface area contributed by atoms with Crippen LogP contribution in [0.4, 0.5) is 0 Å². The minimum Gasteiger partial charge on any atom is -0.497 e. The molecule has 3 heterocycles. The van der Waals surface area contributed by atoms with Crippen LogP contribution >= 0.6 is 0 Å². The fourth-order valence-electron chi connectivity index (χ4n) is 4.04. The predicted octanol–water partition coefficient (Wildman–Crippen LogP) is 2.63. The van der Waals surface area contributed by atoms with Gasteiger partial charge in [-0.05, 0) is 62.7 Å². The lowest BCUT2D eigenvalue weighted by Gasteiger charge is -2.29. The molecular formula is C23H31N7O. The van der Waals surface area contributed by atoms with Crippen LogP contribution < -0.4 is 15.4 Å². The number of ether oxygens (including phenoxy) is 1. The van der Waals surface area contributed by atoms with Crippen molar-refractivity contribution < 1.29 is 4.74 Å². The quantitative estimate of drug-likeness (QED) is 0.430. The smallest absolute Gasteiger partial charge is 0.191 e. The van der Waals surface area contributed by atoms with Gasteiger partial charge in [0.25, 0.3) is 0 Å².